The van der Waals surface area contributed by atoms with Gasteiger partial charge < -0.3 is 59.0 Å². The normalized spacial score (nSPS) is 13.1. The molecular formula is C44H63BrCl2N6O12P2Si. The molecule has 0 aliphatic carbocycles. The van der Waals surface area contributed by atoms with E-state index in [1.165, 1.54) is 0 Å². The number of nitrogens with zero attached hydrogens (tertiary/aromatic N) is 4. The lowest BCUT2D eigenvalue weighted by Gasteiger charge is -2.19. The number of pyridine rings is 2. The van der Waals surface area contributed by atoms with Crippen LogP contribution in [-0.2, 0) is 75.5 Å². The Morgan fingerprint density at radius 2 is 1.01 bits per heavy atom. The van der Waals surface area contributed by atoms with Gasteiger partial charge in [0.1, 0.15) is 31.5 Å². The Labute approximate surface area is 417 Å². The lowest BCUT2D eigenvalue weighted by Crippen LogP contribution is -2.26. The van der Waals surface area contributed by atoms with Crippen molar-refractivity contribution in [2.45, 2.75) is 71.7 Å². The minimum atomic E-state index is -4.12. The van der Waals surface area contributed by atoms with E-state index in [1.54, 1.807) is 74.3 Å². The summed E-state index contributed by atoms with van der Waals surface area (Å²) in [5.74, 6) is 1.09. The maximum Gasteiger partial charge on any atom is 0.335 e. The number of amides is 2. The minimum absolute atomic E-state index is 0.0520. The van der Waals surface area contributed by atoms with Crippen LogP contribution in [-0.4, -0.2) is 97.5 Å². The number of halogens is 3. The largest absolute Gasteiger partial charge is 0.475 e. The molecule has 0 spiro atoms. The Bertz CT molecular complexity index is 2330. The number of anilines is 4. The van der Waals surface area contributed by atoms with E-state index in [4.69, 9.17) is 72.5 Å². The Balaban J connectivity index is 0.000000313. The van der Waals surface area contributed by atoms with Gasteiger partial charge in [-0.3, -0.25) is 18.7 Å². The second-order valence-electron chi connectivity index (χ2n) is 15.9. The molecule has 68 heavy (non-hydrogen) atoms. The molecule has 4 heterocycles. The van der Waals surface area contributed by atoms with Crippen LogP contribution >= 0.6 is 53.7 Å². The van der Waals surface area contributed by atoms with Gasteiger partial charge in [0.15, 0.2) is 0 Å². The molecular weight excluding hydrogens is 1050 g/mol. The molecule has 0 fully saturated rings. The van der Waals surface area contributed by atoms with Gasteiger partial charge in [0.2, 0.25) is 23.6 Å². The van der Waals surface area contributed by atoms with Crippen LogP contribution in [0.2, 0.25) is 19.6 Å². The quantitative estimate of drug-likeness (QED) is 0.0213. The van der Waals surface area contributed by atoms with Gasteiger partial charge in [-0.25, -0.2) is 0 Å². The van der Waals surface area contributed by atoms with Crippen molar-refractivity contribution in [1.29, 1.82) is 0 Å². The summed E-state index contributed by atoms with van der Waals surface area (Å²) in [5, 5.41) is 0.194. The first-order chi connectivity index (χ1) is 32.1. The molecule has 0 bridgehead atoms. The zero-order valence-electron chi connectivity index (χ0n) is 39.4. The van der Waals surface area contributed by atoms with Crippen molar-refractivity contribution in [3.05, 3.63) is 94.0 Å². The predicted molar refractivity (Wildman–Crippen MR) is 274 cm³/mol. The highest BCUT2D eigenvalue weighted by Gasteiger charge is 2.32. The molecule has 24 heteroatoms. The summed E-state index contributed by atoms with van der Waals surface area (Å²) in [6.45, 7) is 12.3. The third kappa shape index (κ3) is 20.0. The fourth-order valence-electron chi connectivity index (χ4n) is 6.52. The molecule has 4 aromatic rings. The van der Waals surface area contributed by atoms with Gasteiger partial charge in [0.05, 0.1) is 81.4 Å². The summed E-state index contributed by atoms with van der Waals surface area (Å²) in [4.78, 5) is 55.0. The predicted octanol–water partition coefficient (Wildman–Crippen LogP) is 8.64. The Morgan fingerprint density at radius 1 is 0.676 bits per heavy atom. The monoisotopic (exact) mass is 1110 g/mol. The van der Waals surface area contributed by atoms with Crippen LogP contribution in [0.25, 0.3) is 0 Å². The van der Waals surface area contributed by atoms with Crippen LogP contribution in [0.3, 0.4) is 0 Å². The van der Waals surface area contributed by atoms with E-state index < -0.39 is 21.9 Å². The number of aromatic nitrogens is 2. The van der Waals surface area contributed by atoms with Gasteiger partial charge >= 0.3 is 15.2 Å². The first-order valence-corrected chi connectivity index (χ1v) is 31.7. The van der Waals surface area contributed by atoms with Gasteiger partial charge in [0, 0.05) is 37.5 Å². The molecule has 0 saturated heterocycles. The van der Waals surface area contributed by atoms with Gasteiger partial charge in [0.25, 0.3) is 0 Å². The number of nitrogen functional groups attached to an aromatic ring is 2. The summed E-state index contributed by atoms with van der Waals surface area (Å²) in [5.41, 5.74) is 17.9. The van der Waals surface area contributed by atoms with Crippen LogP contribution < -0.4 is 30.7 Å². The molecule has 2 aliphatic rings. The highest BCUT2D eigenvalue weighted by molar-refractivity contribution is 9.26. The molecule has 0 saturated carbocycles. The maximum absolute atomic E-state index is 12.7. The van der Waals surface area contributed by atoms with Crippen molar-refractivity contribution in [3.63, 3.8) is 0 Å². The van der Waals surface area contributed by atoms with Crippen molar-refractivity contribution in [2.24, 2.45) is 0 Å². The average Bonchev–Trinajstić information content (AvgIpc) is 3.73. The van der Waals surface area contributed by atoms with E-state index in [9.17, 15) is 18.7 Å². The number of benzene rings is 2. The topological polar surface area (TPSA) is 248 Å². The second kappa shape index (κ2) is 28.3. The summed E-state index contributed by atoms with van der Waals surface area (Å²) in [7, 11) is -4.13. The van der Waals surface area contributed by atoms with Crippen LogP contribution in [0, 0.1) is 0 Å². The molecule has 2 amide bonds. The van der Waals surface area contributed by atoms with E-state index in [1.807, 2.05) is 24.3 Å². The second-order valence-corrected chi connectivity index (χ2v) is 31.7. The number of fused-ring (bicyclic) bond motifs is 2. The van der Waals surface area contributed by atoms with Crippen LogP contribution in [0.4, 0.5) is 23.0 Å². The van der Waals surface area contributed by atoms with Crippen LogP contribution in [0.1, 0.15) is 47.2 Å². The van der Waals surface area contributed by atoms with Crippen LogP contribution in [0.15, 0.2) is 60.7 Å². The number of hydrogen-bond acceptors (Lipinski definition) is 14. The highest BCUT2D eigenvalue weighted by atomic mass is 79.9. The zero-order valence-corrected chi connectivity index (χ0v) is 45.3. The number of rotatable bonds is 20. The van der Waals surface area contributed by atoms with E-state index in [-0.39, 0.29) is 48.1 Å². The maximum atomic E-state index is 12.7. The number of nitrogens with two attached hydrogens (primary N) is 2. The SMILES string of the molecule is CCOP(=O)(Cc1ccc(CN2C(=O)Cc3c2cc(OCCOC)nc3N)cc1)OCC.COCCOc1cc2c(c(N)n1)CC(=O)N2Cc1ccc(CP(=O)(O)O)cc1.C[Si](C)(C)Br.ClCCl. The van der Waals surface area contributed by atoms with Crippen molar-refractivity contribution in [2.75, 3.05) is 80.5 Å². The number of ether oxygens (including phenoxy) is 4. The summed E-state index contributed by atoms with van der Waals surface area (Å²) < 4.78 is 55.6. The molecule has 0 unspecified atom stereocenters. The highest BCUT2D eigenvalue weighted by Crippen LogP contribution is 2.51. The molecule has 0 radical (unpaired) electrons. The summed E-state index contributed by atoms with van der Waals surface area (Å²) >= 11 is 13.0. The Kier molecular flexibility index (Phi) is 24.4. The zero-order chi connectivity index (χ0) is 50.7. The number of methoxy groups -OCH3 is 2. The van der Waals surface area contributed by atoms with E-state index >= 15 is 0 Å². The molecule has 6 N–H and O–H groups in total. The Hall–Kier alpha value is -3.62. The number of hydrogen-bond donors (Lipinski definition) is 4. The number of alkyl halides is 2. The first kappa shape index (κ1) is 58.7. The van der Waals surface area contributed by atoms with Crippen molar-refractivity contribution < 1.29 is 56.5 Å². The standard InChI is InChI=1S/C22H30N3O6P.C18H22N3O6P.C3H9BrSi.CH2Cl2/c1-4-30-32(27,31-5-2)15-17-8-6-16(7-9-17)14-25-19-13-20(29-11-10-28-3)24-22(23)18(19)12-21(25)26;1-26-6-7-27-16-9-15-14(18(19)20-16)8-17(22)21(15)10-12-2-4-13(5-3-12)11-28(23,24)25;1-5(2,3)4;2-1-3/h6-9,13H,4-5,10-12,14-15H2,1-3H3,(H2,23,24);2-5,9H,6-8,10-11H2,1H3,(H2,19,20)(H2,23,24,25);1-3H3;1H2. The lowest BCUT2D eigenvalue weighted by atomic mass is 10.1. The molecule has 2 aromatic carbocycles. The molecule has 376 valence electrons. The molecule has 0 atom stereocenters. The number of carbonyl (C=O) groups excluding carboxylic acids is 2. The molecule has 6 rings (SSSR count). The fourth-order valence-corrected chi connectivity index (χ4v) is 8.90. The smallest absolute Gasteiger partial charge is 0.335 e. The fraction of sp³-hybridized carbons (Fsp3) is 0.455. The number of carbonyl (C=O) groups is 2. The van der Waals surface area contributed by atoms with Crippen LogP contribution in [0.5, 0.6) is 11.8 Å². The average molecular weight is 1110 g/mol. The van der Waals surface area contributed by atoms with Crippen molar-refractivity contribution >= 4 is 95.2 Å². The van der Waals surface area contributed by atoms with Gasteiger partial charge in [-0.2, -0.15) is 9.97 Å². The molecule has 18 nitrogen and oxygen atoms in total. The van der Waals surface area contributed by atoms with Gasteiger partial charge in [-0.1, -0.05) is 68.2 Å². The summed E-state index contributed by atoms with van der Waals surface area (Å²) in [6.07, 6.45) is 0.257. The van der Waals surface area contributed by atoms with Gasteiger partial charge in [-0.15, -0.1) is 38.5 Å². The van der Waals surface area contributed by atoms with E-state index in [0.717, 1.165) is 16.7 Å². The van der Waals surface area contributed by atoms with Crippen molar-refractivity contribution in [3.8, 4) is 11.8 Å². The summed E-state index contributed by atoms with van der Waals surface area (Å²) in [6, 6.07) is 17.8. The van der Waals surface area contributed by atoms with E-state index in [2.05, 4.69) is 44.9 Å². The van der Waals surface area contributed by atoms with E-state index in [0.29, 0.717) is 98.4 Å². The third-order valence-electron chi connectivity index (χ3n) is 9.28. The molecule has 2 aliphatic heterocycles. The molecule has 2 aromatic heterocycles. The van der Waals surface area contributed by atoms with Crippen molar-refractivity contribution in [1.82, 2.24) is 9.97 Å². The third-order valence-corrected chi connectivity index (χ3v) is 12.1. The minimum Gasteiger partial charge on any atom is -0.475 e. The first-order valence-electron chi connectivity index (χ1n) is 21.4. The Morgan fingerprint density at radius 3 is 1.34 bits per heavy atom. The van der Waals surface area contributed by atoms with Gasteiger partial charge in [-0.05, 0) is 36.1 Å². The lowest BCUT2D eigenvalue weighted by molar-refractivity contribution is -0.118.